The maximum absolute atomic E-state index is 3.53. The maximum atomic E-state index is 3.53. The van der Waals surface area contributed by atoms with E-state index in [9.17, 15) is 0 Å². The van der Waals surface area contributed by atoms with Crippen molar-refractivity contribution in [3.05, 3.63) is 24.3 Å². The number of nitrogens with zero attached hydrogens (tertiary/aromatic N) is 1. The second kappa shape index (κ2) is 5.24. The second-order valence-corrected chi connectivity index (χ2v) is 4.99. The van der Waals surface area contributed by atoms with E-state index < -0.39 is 0 Å². The first kappa shape index (κ1) is 11.3. The summed E-state index contributed by atoms with van der Waals surface area (Å²) >= 11 is 0. The fourth-order valence-corrected chi connectivity index (χ4v) is 2.30. The topological polar surface area (TPSA) is 15.3 Å². The summed E-state index contributed by atoms with van der Waals surface area (Å²) in [7, 11) is 0. The first-order valence-electron chi connectivity index (χ1n) is 6.35. The molecule has 0 bridgehead atoms. The van der Waals surface area contributed by atoms with Gasteiger partial charge in [-0.25, -0.2) is 0 Å². The summed E-state index contributed by atoms with van der Waals surface area (Å²) < 4.78 is 0. The Morgan fingerprint density at radius 3 is 2.88 bits per heavy atom. The Hall–Kier alpha value is -1.18. The van der Waals surface area contributed by atoms with Crippen molar-refractivity contribution >= 4 is 11.4 Å². The number of hydrogen-bond acceptors (Lipinski definition) is 2. The van der Waals surface area contributed by atoms with E-state index in [1.807, 2.05) is 0 Å². The van der Waals surface area contributed by atoms with Gasteiger partial charge in [-0.2, -0.15) is 0 Å². The predicted octanol–water partition coefficient (Wildman–Crippen LogP) is 3.35. The highest BCUT2D eigenvalue weighted by atomic mass is 15.1. The van der Waals surface area contributed by atoms with Crippen LogP contribution >= 0.6 is 0 Å². The molecule has 0 amide bonds. The van der Waals surface area contributed by atoms with Gasteiger partial charge in [0.25, 0.3) is 0 Å². The number of nitrogens with one attached hydrogen (secondary N) is 1. The third kappa shape index (κ3) is 2.69. The van der Waals surface area contributed by atoms with E-state index in [1.165, 1.54) is 30.8 Å². The molecule has 2 rings (SSSR count). The summed E-state index contributed by atoms with van der Waals surface area (Å²) in [6, 6.07) is 8.67. The largest absolute Gasteiger partial charge is 0.383 e. The summed E-state index contributed by atoms with van der Waals surface area (Å²) in [6.07, 6.45) is 2.55. The van der Waals surface area contributed by atoms with Crippen molar-refractivity contribution in [2.75, 3.05) is 29.9 Å². The summed E-state index contributed by atoms with van der Waals surface area (Å²) in [5.74, 6) is 0.715. The van der Waals surface area contributed by atoms with E-state index >= 15 is 0 Å². The van der Waals surface area contributed by atoms with Crippen LogP contribution in [0.4, 0.5) is 11.4 Å². The van der Waals surface area contributed by atoms with Crippen LogP contribution < -0.4 is 10.2 Å². The molecule has 0 aromatic heterocycles. The van der Waals surface area contributed by atoms with Crippen LogP contribution in [0, 0.1) is 5.92 Å². The minimum Gasteiger partial charge on any atom is -0.383 e. The van der Waals surface area contributed by atoms with Crippen LogP contribution in [0.3, 0.4) is 0 Å². The number of fused-ring (bicyclic) bond motifs is 1. The van der Waals surface area contributed by atoms with Crippen molar-refractivity contribution in [2.24, 2.45) is 5.92 Å². The zero-order valence-electron chi connectivity index (χ0n) is 10.4. The number of benzene rings is 1. The van der Waals surface area contributed by atoms with E-state index in [2.05, 4.69) is 48.3 Å². The minimum atomic E-state index is 0.715. The lowest BCUT2D eigenvalue weighted by atomic mass is 10.1. The van der Waals surface area contributed by atoms with Gasteiger partial charge in [0, 0.05) is 19.6 Å². The lowest BCUT2D eigenvalue weighted by molar-refractivity contribution is 0.590. The predicted molar refractivity (Wildman–Crippen MR) is 71.2 cm³/mol. The van der Waals surface area contributed by atoms with Crippen molar-refractivity contribution in [1.82, 2.24) is 0 Å². The monoisotopic (exact) mass is 218 g/mol. The Kier molecular flexibility index (Phi) is 3.70. The SMILES string of the molecule is CC(C)CN1CCCCNc2ccccc21. The van der Waals surface area contributed by atoms with E-state index in [-0.39, 0.29) is 0 Å². The highest BCUT2D eigenvalue weighted by molar-refractivity contribution is 5.70. The molecule has 16 heavy (non-hydrogen) atoms. The summed E-state index contributed by atoms with van der Waals surface area (Å²) in [5.41, 5.74) is 2.67. The molecule has 0 spiro atoms. The summed E-state index contributed by atoms with van der Waals surface area (Å²) in [4.78, 5) is 2.52. The van der Waals surface area contributed by atoms with Gasteiger partial charge in [-0.1, -0.05) is 26.0 Å². The van der Waals surface area contributed by atoms with Gasteiger partial charge < -0.3 is 10.2 Å². The quantitative estimate of drug-likeness (QED) is 0.819. The van der Waals surface area contributed by atoms with Crippen molar-refractivity contribution in [3.8, 4) is 0 Å². The third-order valence-corrected chi connectivity index (χ3v) is 3.00. The molecule has 0 radical (unpaired) electrons. The van der Waals surface area contributed by atoms with Gasteiger partial charge in [0.1, 0.15) is 0 Å². The third-order valence-electron chi connectivity index (χ3n) is 3.00. The molecule has 2 nitrogen and oxygen atoms in total. The molecule has 0 unspecified atom stereocenters. The maximum Gasteiger partial charge on any atom is 0.0602 e. The van der Waals surface area contributed by atoms with Gasteiger partial charge in [0.05, 0.1) is 11.4 Å². The van der Waals surface area contributed by atoms with E-state index in [1.54, 1.807) is 0 Å². The highest BCUT2D eigenvalue weighted by Gasteiger charge is 2.13. The van der Waals surface area contributed by atoms with Crippen LogP contribution in [0.5, 0.6) is 0 Å². The first-order chi connectivity index (χ1) is 7.77. The Balaban J connectivity index is 2.24. The van der Waals surface area contributed by atoms with Crippen LogP contribution in [0.2, 0.25) is 0 Å². The molecule has 1 aliphatic heterocycles. The Labute approximate surface area is 98.7 Å². The molecule has 0 aliphatic carbocycles. The van der Waals surface area contributed by atoms with Gasteiger partial charge in [0.2, 0.25) is 0 Å². The normalized spacial score (nSPS) is 16.3. The van der Waals surface area contributed by atoms with Crippen molar-refractivity contribution in [2.45, 2.75) is 26.7 Å². The van der Waals surface area contributed by atoms with Crippen LogP contribution in [-0.4, -0.2) is 19.6 Å². The molecule has 0 saturated carbocycles. The van der Waals surface area contributed by atoms with Gasteiger partial charge in [-0.15, -0.1) is 0 Å². The minimum absolute atomic E-state index is 0.715. The van der Waals surface area contributed by atoms with Gasteiger partial charge in [0.15, 0.2) is 0 Å². The van der Waals surface area contributed by atoms with Gasteiger partial charge in [-0.3, -0.25) is 0 Å². The van der Waals surface area contributed by atoms with Gasteiger partial charge in [-0.05, 0) is 30.9 Å². The van der Waals surface area contributed by atoms with Crippen molar-refractivity contribution < 1.29 is 0 Å². The average Bonchev–Trinajstić information content (AvgIpc) is 2.24. The van der Waals surface area contributed by atoms with Crippen LogP contribution in [0.25, 0.3) is 0 Å². The van der Waals surface area contributed by atoms with Gasteiger partial charge >= 0.3 is 0 Å². The molecule has 0 atom stereocenters. The number of para-hydroxylation sites is 2. The molecule has 88 valence electrons. The number of hydrogen-bond donors (Lipinski definition) is 1. The van der Waals surface area contributed by atoms with Crippen molar-refractivity contribution in [3.63, 3.8) is 0 Å². The van der Waals surface area contributed by atoms with Crippen molar-refractivity contribution in [1.29, 1.82) is 0 Å². The highest BCUT2D eigenvalue weighted by Crippen LogP contribution is 2.28. The molecule has 1 heterocycles. The lowest BCUT2D eigenvalue weighted by Crippen LogP contribution is -2.31. The fraction of sp³-hybridized carbons (Fsp3) is 0.571. The van der Waals surface area contributed by atoms with E-state index in [0.29, 0.717) is 5.92 Å². The molecule has 1 aromatic rings. The number of anilines is 2. The molecule has 2 heteroatoms. The molecular formula is C14H22N2. The smallest absolute Gasteiger partial charge is 0.0602 e. The second-order valence-electron chi connectivity index (χ2n) is 4.99. The van der Waals surface area contributed by atoms with E-state index in [0.717, 1.165) is 13.1 Å². The summed E-state index contributed by atoms with van der Waals surface area (Å²) in [6.45, 7) is 8.02. The Morgan fingerprint density at radius 1 is 1.25 bits per heavy atom. The zero-order valence-corrected chi connectivity index (χ0v) is 10.4. The van der Waals surface area contributed by atoms with Crippen LogP contribution in [-0.2, 0) is 0 Å². The molecule has 0 saturated heterocycles. The average molecular weight is 218 g/mol. The zero-order chi connectivity index (χ0) is 11.4. The van der Waals surface area contributed by atoms with Crippen LogP contribution in [0.1, 0.15) is 26.7 Å². The first-order valence-corrected chi connectivity index (χ1v) is 6.35. The molecule has 1 aromatic carbocycles. The lowest BCUT2D eigenvalue weighted by Gasteiger charge is -2.31. The fourth-order valence-electron chi connectivity index (χ4n) is 2.30. The molecule has 1 N–H and O–H groups in total. The molecule has 0 fully saturated rings. The Bertz CT molecular complexity index is 333. The Morgan fingerprint density at radius 2 is 2.06 bits per heavy atom. The standard InChI is InChI=1S/C14H22N2/c1-12(2)11-16-10-6-5-9-15-13-7-3-4-8-14(13)16/h3-4,7-8,12,15H,5-6,9-11H2,1-2H3. The van der Waals surface area contributed by atoms with Crippen LogP contribution in [0.15, 0.2) is 24.3 Å². The van der Waals surface area contributed by atoms with E-state index in [4.69, 9.17) is 0 Å². The number of rotatable bonds is 2. The summed E-state index contributed by atoms with van der Waals surface area (Å²) in [5, 5.41) is 3.53. The molecule has 1 aliphatic rings. The molecular weight excluding hydrogens is 196 g/mol.